The summed E-state index contributed by atoms with van der Waals surface area (Å²) in [6.45, 7) is 2.35. The molecule has 5 N–H and O–H groups in total. The molecule has 4 unspecified atom stereocenters. The number of hydrogen-bond donors (Lipinski definition) is 3. The molecule has 11 rings (SSSR count). The van der Waals surface area contributed by atoms with Gasteiger partial charge in [0.1, 0.15) is 69.3 Å². The minimum absolute atomic E-state index is 0.0194. The van der Waals surface area contributed by atoms with Crippen molar-refractivity contribution in [2.24, 2.45) is 11.5 Å². The molecule has 37 heteroatoms. The lowest BCUT2D eigenvalue weighted by molar-refractivity contribution is -0.385. The highest BCUT2D eigenvalue weighted by Crippen LogP contribution is 2.36. The summed E-state index contributed by atoms with van der Waals surface area (Å²) in [6.07, 6.45) is 8.98. The smallest absolute Gasteiger partial charge is 0.496 e. The van der Waals surface area contributed by atoms with E-state index in [1.165, 1.54) is 187 Å². The zero-order valence-corrected chi connectivity index (χ0v) is 66.1. The molecule has 4 atom stereocenters. The molecule has 0 radical (unpaired) electrons. The fourth-order valence-electron chi connectivity index (χ4n) is 10.6. The monoisotopic (exact) mass is 1670 g/mol. The number of rotatable bonds is 20. The number of carbonyl (C=O) groups excluding carboxylic acids is 6. The molecule has 0 amide bonds. The van der Waals surface area contributed by atoms with Gasteiger partial charge in [-0.15, -0.1) is 0 Å². The van der Waals surface area contributed by atoms with Crippen LogP contribution in [0.3, 0.4) is 0 Å². The highest BCUT2D eigenvalue weighted by Gasteiger charge is 2.28. The van der Waals surface area contributed by atoms with Crippen LogP contribution in [0, 0.1) is 83.6 Å². The number of halogens is 7. The summed E-state index contributed by atoms with van der Waals surface area (Å²) in [5, 5.41) is 46.4. The van der Waals surface area contributed by atoms with Crippen molar-refractivity contribution in [3.8, 4) is 40.9 Å². The van der Waals surface area contributed by atoms with Gasteiger partial charge in [0.2, 0.25) is 5.82 Å². The van der Waals surface area contributed by atoms with E-state index in [0.717, 1.165) is 28.3 Å². The first-order valence-corrected chi connectivity index (χ1v) is 34.6. The summed E-state index contributed by atoms with van der Waals surface area (Å²) >= 11 is 0. The predicted molar refractivity (Wildman–Crippen MR) is 422 cm³/mol. The van der Waals surface area contributed by atoms with Gasteiger partial charge in [0, 0.05) is 95.9 Å². The van der Waals surface area contributed by atoms with E-state index in [4.69, 9.17) is 55.3 Å². The van der Waals surface area contributed by atoms with Crippen molar-refractivity contribution in [1.82, 2.24) is 15.0 Å². The maximum atomic E-state index is 13.6. The van der Waals surface area contributed by atoms with Crippen LogP contribution in [0.4, 0.5) is 52.6 Å². The molecule has 0 saturated heterocycles. The topological polar surface area (TPSA) is 431 Å². The summed E-state index contributed by atoms with van der Waals surface area (Å²) in [4.78, 5) is 92.8. The van der Waals surface area contributed by atoms with Gasteiger partial charge in [-0.05, 0) is 150 Å². The van der Waals surface area contributed by atoms with Gasteiger partial charge in [0.15, 0.2) is 5.92 Å². The van der Waals surface area contributed by atoms with Crippen molar-refractivity contribution in [3.63, 3.8) is 0 Å². The van der Waals surface area contributed by atoms with Crippen LogP contribution in [0.1, 0.15) is 58.4 Å². The number of nitro benzene ring substituents is 2. The first-order valence-electron chi connectivity index (χ1n) is 34.6. The number of aromatic nitrogens is 3. The number of ether oxygens (including phenoxy) is 10. The third kappa shape index (κ3) is 30.4. The number of nitro groups is 2. The van der Waals surface area contributed by atoms with Crippen LogP contribution in [0.15, 0.2) is 189 Å². The zero-order valence-electron chi connectivity index (χ0n) is 66.1. The Morgan fingerprint density at radius 1 is 0.450 bits per heavy atom. The number of anilines is 1. The van der Waals surface area contributed by atoms with Crippen LogP contribution < -0.4 is 40.5 Å². The minimum Gasteiger partial charge on any atom is -0.496 e. The molecule has 0 saturated carbocycles. The Bertz CT molecular complexity index is 5290. The predicted octanol–water partition coefficient (Wildman–Crippen LogP) is 14.6. The van der Waals surface area contributed by atoms with E-state index in [0.29, 0.717) is 68.3 Å². The number of pyridine rings is 3. The number of nitrogens with zero attached hydrogens (tertiary/aromatic N) is 7. The fourth-order valence-corrected chi connectivity index (χ4v) is 10.6. The normalized spacial score (nSPS) is 10.8. The van der Waals surface area contributed by atoms with E-state index in [9.17, 15) is 70.1 Å². The largest absolute Gasteiger partial charge is 0.507 e. The van der Waals surface area contributed by atoms with E-state index in [2.05, 4.69) is 44.0 Å². The number of nitrogens with one attached hydrogen (secondary N) is 1. The number of benzene rings is 8. The highest BCUT2D eigenvalue weighted by atomic mass is 19.2. The number of fused-ring (bicyclic) bond motifs is 3. The number of esters is 3. The molecule has 0 fully saturated rings. The van der Waals surface area contributed by atoms with Crippen molar-refractivity contribution in [3.05, 3.63) is 278 Å². The van der Waals surface area contributed by atoms with Crippen molar-refractivity contribution in [2.45, 2.75) is 37.0 Å². The Hall–Kier alpha value is -14.9. The average molecular weight is 1670 g/mol. The molecule has 3 heterocycles. The summed E-state index contributed by atoms with van der Waals surface area (Å²) in [5.74, 6) is -5.43. The number of nitrogens with two attached hydrogens (primary N) is 2. The molecule has 11 aromatic rings. The Morgan fingerprint density at radius 2 is 0.817 bits per heavy atom. The van der Waals surface area contributed by atoms with E-state index >= 15 is 0 Å². The Morgan fingerprint density at radius 3 is 1.23 bits per heavy atom. The van der Waals surface area contributed by atoms with Gasteiger partial charge in [-0.3, -0.25) is 49.6 Å². The van der Waals surface area contributed by atoms with Gasteiger partial charge in [-0.1, -0.05) is 25.1 Å². The molecule has 0 aliphatic carbocycles. The number of hydrogen-bond acceptors (Lipinski definition) is 28. The summed E-state index contributed by atoms with van der Waals surface area (Å²) in [5.41, 5.74) is 13.1. The van der Waals surface area contributed by atoms with Crippen molar-refractivity contribution in [1.29, 1.82) is 10.5 Å². The van der Waals surface area contributed by atoms with Gasteiger partial charge >= 0.3 is 41.6 Å². The molecular weight excluding hydrogens is 1590 g/mol. The van der Waals surface area contributed by atoms with Crippen LogP contribution in [-0.2, 0) is 54.1 Å². The third-order valence-electron chi connectivity index (χ3n) is 16.3. The molecule has 30 nitrogen and oxygen atoms in total. The van der Waals surface area contributed by atoms with E-state index < -0.39 is 80.6 Å². The third-order valence-corrected chi connectivity index (χ3v) is 16.3. The van der Waals surface area contributed by atoms with Gasteiger partial charge < -0.3 is 64.2 Å². The van der Waals surface area contributed by atoms with Crippen LogP contribution in [-0.4, -0.2) is 146 Å². The van der Waals surface area contributed by atoms with E-state index in [-0.39, 0.29) is 71.4 Å². The molecule has 0 bridgehead atoms. The molecule has 0 spiro atoms. The lowest BCUT2D eigenvalue weighted by atomic mass is 9.98. The van der Waals surface area contributed by atoms with Gasteiger partial charge in [0.25, 0.3) is 0 Å². The minimum atomic E-state index is -1.18. The molecule has 120 heavy (non-hydrogen) atoms. The molecule has 8 aromatic carbocycles. The van der Waals surface area contributed by atoms with Crippen LogP contribution in [0.5, 0.6) is 28.7 Å². The molecular formula is C83H81F7N10O20. The van der Waals surface area contributed by atoms with Gasteiger partial charge in [0.05, 0.1) is 122 Å². The lowest BCUT2D eigenvalue weighted by Gasteiger charge is -2.17. The Kier molecular flexibility index (Phi) is 43.4. The van der Waals surface area contributed by atoms with E-state index in [1.54, 1.807) is 61.1 Å². The molecule has 0 aliphatic heterocycles. The lowest BCUT2D eigenvalue weighted by Crippen LogP contribution is -2.23. The SMILES string of the molecule is COC(=O)C(C#N)c1cc(F)ccc1OC.COC(=O)C(CN)c1cc(F)ccc1OC.COC(=O)C(CN)c1cc(F)ccc1OC.COC(=O)OC.COc1ccc(F)cc1C(C)CNc1ccc2ccncc2c1[N+](=O)[O-].COc1ccc(F)cc1CC#N.Fc1ccc2ccncc2c1.O=C=O.O=[N+]([O-])c1c(F)ccc2ccncc12. The molecule has 0 aliphatic rings. The van der Waals surface area contributed by atoms with Gasteiger partial charge in [-0.2, -0.15) is 24.5 Å². The van der Waals surface area contributed by atoms with Crippen molar-refractivity contribution in [2.75, 3.05) is 96.0 Å². The van der Waals surface area contributed by atoms with Gasteiger partial charge in [-0.25, -0.2) is 31.1 Å². The Labute approximate surface area is 682 Å². The molecule has 632 valence electrons. The maximum Gasteiger partial charge on any atom is 0.507 e. The fraction of sp³-hybridized carbons (Fsp3) is 0.229. The average Bonchev–Trinajstić information content (AvgIpc) is 0.797. The second kappa shape index (κ2) is 52.5. The zero-order chi connectivity index (χ0) is 89.6. The number of nitriles is 2. The molecule has 3 aromatic heterocycles. The maximum absolute atomic E-state index is 13.6. The first kappa shape index (κ1) is 99.3. The number of methoxy groups -OCH3 is 10. The second-order valence-electron chi connectivity index (χ2n) is 23.5. The summed E-state index contributed by atoms with van der Waals surface area (Å²) < 4.78 is 138. The number of carbonyl (C=O) groups is 4. The quantitative estimate of drug-likeness (QED) is 0.0210. The van der Waals surface area contributed by atoms with Crippen LogP contribution >= 0.6 is 0 Å². The van der Waals surface area contributed by atoms with E-state index in [1.807, 2.05) is 19.1 Å². The van der Waals surface area contributed by atoms with Crippen molar-refractivity contribution >= 4 is 79.6 Å². The summed E-state index contributed by atoms with van der Waals surface area (Å²) in [7, 11) is 13.5. The second-order valence-corrected chi connectivity index (χ2v) is 23.5. The van der Waals surface area contributed by atoms with Crippen molar-refractivity contribution < 1.29 is 117 Å². The van der Waals surface area contributed by atoms with Crippen LogP contribution in [0.2, 0.25) is 0 Å². The Balaban J connectivity index is 0.000000361. The first-order chi connectivity index (χ1) is 57.5. The van der Waals surface area contributed by atoms with Crippen LogP contribution in [0.25, 0.3) is 32.3 Å². The summed E-state index contributed by atoms with van der Waals surface area (Å²) in [6, 6.07) is 39.6. The standard InChI is InChI=1S/C19H18FN3O3.2C11H14FNO3.C11H10FNO3.C9H5FN2O2.C9H8FNO.C9H6FN.C3H6O3.CO2/c1-12(15-9-14(20)4-6-18(15)26-2)10-22-17-5-3-13-7-8-21-11-16(13)19(17)23(24)25;3*1-15-10-4-3-7(12)5-8(10)9(6-13)11(14)16-2;10-8-2-1-6-3-4-11-5-7(6)9(8)12(13)14;1-12-9-3-2-8(10)6-7(9)4-5-11;10-9-2-1-7-3-4-11-6-8(7)5-9;1-5-3(4)6-2;2-1-3/h3-9,11-12,22H,10H2,1-2H3;2*3-5,9H,6,13H2,1-2H3;3-5,9H,1-2H3;1-5H;2-3,6H,4H2,1H3;1-6H;1-2H3;. The highest BCUT2D eigenvalue weighted by molar-refractivity contribution is 5.96.